The molecule has 1 fully saturated rings. The van der Waals surface area contributed by atoms with E-state index in [1.807, 2.05) is 24.0 Å². The molecule has 1 saturated heterocycles. The van der Waals surface area contributed by atoms with E-state index in [0.717, 1.165) is 17.5 Å². The van der Waals surface area contributed by atoms with Crippen LogP contribution in [0.25, 0.3) is 11.1 Å². The normalized spacial score (nSPS) is 14.4. The van der Waals surface area contributed by atoms with Crippen molar-refractivity contribution in [2.45, 2.75) is 13.0 Å². The number of hydrogen-bond acceptors (Lipinski definition) is 6. The Morgan fingerprint density at radius 2 is 1.76 bits per heavy atom. The minimum absolute atomic E-state index is 0.240. The lowest BCUT2D eigenvalue weighted by atomic mass is 10.0. The second kappa shape index (κ2) is 10.3. The third kappa shape index (κ3) is 4.98. The SMILES string of the molecule is CNC(=O)c1ccc(-c2cnc(N3CCN(C=O)CC3)nc2)cc1N[C@H](C)c1ccccc1F. The second-order valence-corrected chi connectivity index (χ2v) is 8.13. The van der Waals surface area contributed by atoms with E-state index in [9.17, 15) is 14.0 Å². The molecule has 34 heavy (non-hydrogen) atoms. The molecule has 9 heteroatoms. The second-order valence-electron chi connectivity index (χ2n) is 8.13. The van der Waals surface area contributed by atoms with Crippen molar-refractivity contribution in [3.8, 4) is 11.1 Å². The van der Waals surface area contributed by atoms with Crippen molar-refractivity contribution in [1.29, 1.82) is 0 Å². The molecule has 0 aliphatic carbocycles. The van der Waals surface area contributed by atoms with Crippen molar-refractivity contribution in [2.75, 3.05) is 43.4 Å². The molecule has 3 aromatic rings. The van der Waals surface area contributed by atoms with E-state index >= 15 is 0 Å². The number of carbonyl (C=O) groups excluding carboxylic acids is 2. The summed E-state index contributed by atoms with van der Waals surface area (Å²) < 4.78 is 14.3. The maximum atomic E-state index is 14.3. The Balaban J connectivity index is 1.58. The Morgan fingerprint density at radius 3 is 2.41 bits per heavy atom. The van der Waals surface area contributed by atoms with Gasteiger partial charge in [0.05, 0.1) is 11.6 Å². The third-order valence-corrected chi connectivity index (χ3v) is 5.95. The van der Waals surface area contributed by atoms with Gasteiger partial charge < -0.3 is 20.4 Å². The highest BCUT2D eigenvalue weighted by Gasteiger charge is 2.19. The van der Waals surface area contributed by atoms with Gasteiger partial charge in [-0.25, -0.2) is 14.4 Å². The number of halogens is 1. The van der Waals surface area contributed by atoms with E-state index in [2.05, 4.69) is 20.6 Å². The van der Waals surface area contributed by atoms with Crippen LogP contribution in [0.4, 0.5) is 16.0 Å². The molecule has 0 radical (unpaired) electrons. The van der Waals surface area contributed by atoms with Crippen LogP contribution in [0.3, 0.4) is 0 Å². The summed E-state index contributed by atoms with van der Waals surface area (Å²) in [5, 5.41) is 5.93. The van der Waals surface area contributed by atoms with Gasteiger partial charge in [-0.1, -0.05) is 24.3 Å². The Bertz CT molecular complexity index is 1160. The van der Waals surface area contributed by atoms with Gasteiger partial charge in [-0.05, 0) is 30.7 Å². The van der Waals surface area contributed by atoms with E-state index in [0.29, 0.717) is 48.9 Å². The van der Waals surface area contributed by atoms with Crippen LogP contribution < -0.4 is 15.5 Å². The quantitative estimate of drug-likeness (QED) is 0.525. The molecule has 0 spiro atoms. The van der Waals surface area contributed by atoms with Crippen LogP contribution in [0.15, 0.2) is 54.9 Å². The zero-order chi connectivity index (χ0) is 24.1. The highest BCUT2D eigenvalue weighted by molar-refractivity contribution is 6.00. The van der Waals surface area contributed by atoms with E-state index < -0.39 is 0 Å². The first-order chi connectivity index (χ1) is 16.5. The summed E-state index contributed by atoms with van der Waals surface area (Å²) in [6, 6.07) is 11.6. The van der Waals surface area contributed by atoms with E-state index in [4.69, 9.17) is 0 Å². The van der Waals surface area contributed by atoms with Gasteiger partial charge >= 0.3 is 0 Å². The average Bonchev–Trinajstić information content (AvgIpc) is 2.88. The molecule has 2 N–H and O–H groups in total. The smallest absolute Gasteiger partial charge is 0.253 e. The Hall–Kier alpha value is -4.01. The summed E-state index contributed by atoms with van der Waals surface area (Å²) in [5.74, 6) is 0.0664. The van der Waals surface area contributed by atoms with Crippen LogP contribution >= 0.6 is 0 Å². The first-order valence-electron chi connectivity index (χ1n) is 11.1. The zero-order valence-corrected chi connectivity index (χ0v) is 19.2. The van der Waals surface area contributed by atoms with Crippen LogP contribution in [0, 0.1) is 5.82 Å². The van der Waals surface area contributed by atoms with Crippen LogP contribution in [0.2, 0.25) is 0 Å². The van der Waals surface area contributed by atoms with Crippen molar-refractivity contribution in [1.82, 2.24) is 20.2 Å². The maximum absolute atomic E-state index is 14.3. The molecule has 2 amide bonds. The van der Waals surface area contributed by atoms with Gasteiger partial charge in [-0.2, -0.15) is 0 Å². The average molecular weight is 463 g/mol. The third-order valence-electron chi connectivity index (χ3n) is 5.95. The van der Waals surface area contributed by atoms with Crippen molar-refractivity contribution >= 4 is 24.0 Å². The molecular weight excluding hydrogens is 435 g/mol. The standard InChI is InChI=1S/C25H27FN6O2/c1-17(20-5-3-4-6-22(20)26)30-23-13-18(7-8-21(23)24(34)27-2)19-14-28-25(29-15-19)32-11-9-31(16-33)10-12-32/h3-8,13-17,30H,9-12H2,1-2H3,(H,27,34)/t17-/m1/s1. The number of nitrogens with zero attached hydrogens (tertiary/aromatic N) is 4. The molecule has 0 bridgehead atoms. The summed E-state index contributed by atoms with van der Waals surface area (Å²) in [4.78, 5) is 36.2. The number of amides is 2. The number of hydrogen-bond donors (Lipinski definition) is 2. The summed E-state index contributed by atoms with van der Waals surface area (Å²) in [5.41, 5.74) is 3.17. The molecule has 1 atom stereocenters. The van der Waals surface area contributed by atoms with Crippen LogP contribution in [0.1, 0.15) is 28.9 Å². The van der Waals surface area contributed by atoms with Gasteiger partial charge in [-0.15, -0.1) is 0 Å². The lowest BCUT2D eigenvalue weighted by Crippen LogP contribution is -2.46. The Morgan fingerprint density at radius 1 is 1.06 bits per heavy atom. The monoisotopic (exact) mass is 462 g/mol. The molecule has 1 aliphatic rings. The minimum Gasteiger partial charge on any atom is -0.378 e. The summed E-state index contributed by atoms with van der Waals surface area (Å²) in [7, 11) is 1.57. The highest BCUT2D eigenvalue weighted by Crippen LogP contribution is 2.29. The lowest BCUT2D eigenvalue weighted by molar-refractivity contribution is -0.118. The largest absolute Gasteiger partial charge is 0.378 e. The molecule has 4 rings (SSSR count). The molecule has 0 unspecified atom stereocenters. The number of nitrogens with one attached hydrogen (secondary N) is 2. The number of anilines is 2. The Kier molecular flexibility index (Phi) is 7.01. The highest BCUT2D eigenvalue weighted by atomic mass is 19.1. The van der Waals surface area contributed by atoms with Crippen LogP contribution in [-0.4, -0.2) is 60.4 Å². The predicted molar refractivity (Wildman–Crippen MR) is 129 cm³/mol. The van der Waals surface area contributed by atoms with Gasteiger partial charge in [0.25, 0.3) is 5.91 Å². The number of rotatable bonds is 7. The molecule has 0 saturated carbocycles. The first kappa shape index (κ1) is 23.2. The predicted octanol–water partition coefficient (Wildman–Crippen LogP) is 3.09. The molecule has 1 aliphatic heterocycles. The van der Waals surface area contributed by atoms with Gasteiger partial charge in [0.15, 0.2) is 0 Å². The number of piperazine rings is 1. The fraction of sp³-hybridized carbons (Fsp3) is 0.280. The fourth-order valence-corrected chi connectivity index (χ4v) is 3.97. The molecule has 176 valence electrons. The molecule has 2 heterocycles. The topological polar surface area (TPSA) is 90.5 Å². The Labute approximate surface area is 197 Å². The fourth-order valence-electron chi connectivity index (χ4n) is 3.97. The van der Waals surface area contributed by atoms with Crippen LogP contribution in [-0.2, 0) is 4.79 Å². The van der Waals surface area contributed by atoms with E-state index in [1.165, 1.54) is 6.07 Å². The van der Waals surface area contributed by atoms with Crippen LogP contribution in [0.5, 0.6) is 0 Å². The van der Waals surface area contributed by atoms with Gasteiger partial charge in [0.1, 0.15) is 5.82 Å². The maximum Gasteiger partial charge on any atom is 0.253 e. The number of aromatic nitrogens is 2. The first-order valence-corrected chi connectivity index (χ1v) is 11.1. The molecular formula is C25H27FN6O2. The summed E-state index contributed by atoms with van der Waals surface area (Å²) >= 11 is 0. The van der Waals surface area contributed by atoms with Crippen molar-refractivity contribution in [2.24, 2.45) is 0 Å². The lowest BCUT2D eigenvalue weighted by Gasteiger charge is -2.32. The van der Waals surface area contributed by atoms with E-state index in [-0.39, 0.29) is 17.8 Å². The minimum atomic E-state index is -0.358. The molecule has 8 nitrogen and oxygen atoms in total. The molecule has 2 aromatic carbocycles. The van der Waals surface area contributed by atoms with Gasteiger partial charge in [0, 0.05) is 62.4 Å². The van der Waals surface area contributed by atoms with E-state index in [1.54, 1.807) is 48.6 Å². The summed E-state index contributed by atoms with van der Waals surface area (Å²) in [6.07, 6.45) is 4.35. The van der Waals surface area contributed by atoms with Gasteiger partial charge in [0.2, 0.25) is 12.4 Å². The molecule has 1 aromatic heterocycles. The summed E-state index contributed by atoms with van der Waals surface area (Å²) in [6.45, 7) is 4.50. The van der Waals surface area contributed by atoms with Crippen molar-refractivity contribution < 1.29 is 14.0 Å². The van der Waals surface area contributed by atoms with Crippen molar-refractivity contribution in [3.05, 3.63) is 71.8 Å². The number of benzene rings is 2. The zero-order valence-electron chi connectivity index (χ0n) is 19.2. The van der Waals surface area contributed by atoms with Gasteiger partial charge in [-0.3, -0.25) is 9.59 Å². The van der Waals surface area contributed by atoms with Crippen molar-refractivity contribution in [3.63, 3.8) is 0 Å². The number of carbonyl (C=O) groups is 2.